The van der Waals surface area contributed by atoms with E-state index in [2.05, 4.69) is 22.2 Å². The first-order chi connectivity index (χ1) is 9.26. The van der Waals surface area contributed by atoms with E-state index in [1.807, 2.05) is 24.4 Å². The Morgan fingerprint density at radius 1 is 1.47 bits per heavy atom. The number of likely N-dealkylation sites (tertiary alicyclic amines) is 1. The number of ether oxygens (including phenoxy) is 1. The molecule has 0 bridgehead atoms. The Kier molecular flexibility index (Phi) is 3.71. The van der Waals surface area contributed by atoms with Crippen LogP contribution in [0.3, 0.4) is 0 Å². The van der Waals surface area contributed by atoms with Gasteiger partial charge in [0.15, 0.2) is 0 Å². The molecule has 2 saturated heterocycles. The lowest BCUT2D eigenvalue weighted by molar-refractivity contribution is -0.114. The van der Waals surface area contributed by atoms with Crippen LogP contribution in [0, 0.1) is 0 Å². The van der Waals surface area contributed by atoms with Gasteiger partial charge in [0.05, 0.1) is 11.7 Å². The number of pyridine rings is 1. The molecule has 3 rings (SSSR count). The molecule has 2 fully saturated rings. The molecular weight excluding hydrogens is 238 g/mol. The van der Waals surface area contributed by atoms with E-state index in [0.29, 0.717) is 6.10 Å². The molecule has 4 heteroatoms. The molecule has 3 heterocycles. The van der Waals surface area contributed by atoms with Crippen LogP contribution >= 0.6 is 0 Å². The zero-order valence-electron chi connectivity index (χ0n) is 11.6. The van der Waals surface area contributed by atoms with Crippen LogP contribution in [0.25, 0.3) is 0 Å². The van der Waals surface area contributed by atoms with Crippen LogP contribution in [0.2, 0.25) is 0 Å². The average Bonchev–Trinajstić information content (AvgIpc) is 2.78. The predicted octanol–water partition coefficient (Wildman–Crippen LogP) is 2.14. The van der Waals surface area contributed by atoms with E-state index in [9.17, 15) is 0 Å². The Bertz CT molecular complexity index is 407. The van der Waals surface area contributed by atoms with E-state index in [1.54, 1.807) is 0 Å². The second kappa shape index (κ2) is 5.47. The summed E-state index contributed by atoms with van der Waals surface area (Å²) >= 11 is 0. The van der Waals surface area contributed by atoms with Gasteiger partial charge in [-0.15, -0.1) is 0 Å². The van der Waals surface area contributed by atoms with Crippen molar-refractivity contribution in [3.8, 4) is 0 Å². The fourth-order valence-electron chi connectivity index (χ4n) is 3.30. The molecule has 1 aromatic rings. The number of likely N-dealkylation sites (N-methyl/N-ethyl adjacent to an activating group) is 1. The summed E-state index contributed by atoms with van der Waals surface area (Å²) in [6.07, 6.45) is 6.98. The number of anilines is 1. The third-order valence-corrected chi connectivity index (χ3v) is 4.26. The maximum absolute atomic E-state index is 6.40. The van der Waals surface area contributed by atoms with Gasteiger partial charge in [0, 0.05) is 25.8 Å². The monoisotopic (exact) mass is 261 g/mol. The summed E-state index contributed by atoms with van der Waals surface area (Å²) in [4.78, 5) is 6.67. The lowest BCUT2D eigenvalue weighted by Crippen LogP contribution is -2.44. The van der Waals surface area contributed by atoms with Gasteiger partial charge in [-0.3, -0.25) is 0 Å². The zero-order valence-corrected chi connectivity index (χ0v) is 11.6. The molecule has 0 radical (unpaired) electrons. The number of nitrogens with one attached hydrogen (secondary N) is 1. The number of rotatable bonds is 3. The third-order valence-electron chi connectivity index (χ3n) is 4.26. The highest BCUT2D eigenvalue weighted by atomic mass is 16.5. The zero-order chi connectivity index (χ0) is 13.1. The summed E-state index contributed by atoms with van der Waals surface area (Å²) < 4.78 is 6.40. The van der Waals surface area contributed by atoms with Gasteiger partial charge in [0.25, 0.3) is 0 Å². The van der Waals surface area contributed by atoms with Crippen molar-refractivity contribution in [2.45, 2.75) is 37.4 Å². The summed E-state index contributed by atoms with van der Waals surface area (Å²) in [5.74, 6) is 0.939. The lowest BCUT2D eigenvalue weighted by atomic mass is 9.90. The van der Waals surface area contributed by atoms with Crippen LogP contribution in [-0.2, 0) is 4.74 Å². The van der Waals surface area contributed by atoms with Crippen molar-refractivity contribution in [2.24, 2.45) is 0 Å². The van der Waals surface area contributed by atoms with Gasteiger partial charge < -0.3 is 15.0 Å². The van der Waals surface area contributed by atoms with Crippen molar-refractivity contribution in [3.05, 3.63) is 24.4 Å². The maximum atomic E-state index is 6.40. The Balaban J connectivity index is 1.54. The van der Waals surface area contributed by atoms with E-state index >= 15 is 0 Å². The highest BCUT2D eigenvalue weighted by Crippen LogP contribution is 2.36. The molecule has 2 aliphatic heterocycles. The molecule has 2 aliphatic rings. The first kappa shape index (κ1) is 12.9. The van der Waals surface area contributed by atoms with Crippen LogP contribution in [0.15, 0.2) is 24.4 Å². The third kappa shape index (κ3) is 3.07. The lowest BCUT2D eigenvalue weighted by Gasteiger charge is -2.38. The van der Waals surface area contributed by atoms with Crippen molar-refractivity contribution in [2.75, 3.05) is 32.0 Å². The Morgan fingerprint density at radius 3 is 3.16 bits per heavy atom. The quantitative estimate of drug-likeness (QED) is 0.904. The standard InChI is InChI=1S/C15H23N3O/c1-18-10-8-15(12-18)7-4-5-13(19-15)11-17-14-6-2-3-9-16-14/h2-3,6,9,13H,4-5,7-8,10-12H2,1H3,(H,16,17)/t13-,15-/m1/s1. The van der Waals surface area contributed by atoms with Crippen LogP contribution in [0.4, 0.5) is 5.82 Å². The molecule has 0 unspecified atom stereocenters. The SMILES string of the molecule is CN1CC[C@]2(CCC[C@H](CNc3ccccn3)O2)C1. The van der Waals surface area contributed by atoms with E-state index in [-0.39, 0.29) is 5.60 Å². The second-order valence-corrected chi connectivity index (χ2v) is 5.90. The molecule has 2 atom stereocenters. The van der Waals surface area contributed by atoms with Crippen molar-refractivity contribution in [1.29, 1.82) is 0 Å². The Hall–Kier alpha value is -1.13. The van der Waals surface area contributed by atoms with Gasteiger partial charge in [-0.25, -0.2) is 4.98 Å². The number of nitrogens with zero attached hydrogens (tertiary/aromatic N) is 2. The van der Waals surface area contributed by atoms with E-state index in [0.717, 1.165) is 25.3 Å². The van der Waals surface area contributed by atoms with Crippen LogP contribution in [0.5, 0.6) is 0 Å². The molecule has 1 N–H and O–H groups in total. The Morgan fingerprint density at radius 2 is 2.42 bits per heavy atom. The van der Waals surface area contributed by atoms with Crippen molar-refractivity contribution >= 4 is 5.82 Å². The van der Waals surface area contributed by atoms with Gasteiger partial charge >= 0.3 is 0 Å². The van der Waals surface area contributed by atoms with Gasteiger partial charge in [-0.05, 0) is 44.9 Å². The van der Waals surface area contributed by atoms with Crippen LogP contribution in [-0.4, -0.2) is 48.3 Å². The van der Waals surface area contributed by atoms with Crippen LogP contribution < -0.4 is 5.32 Å². The topological polar surface area (TPSA) is 37.4 Å². The summed E-state index contributed by atoms with van der Waals surface area (Å²) in [6, 6.07) is 5.94. The summed E-state index contributed by atoms with van der Waals surface area (Å²) in [7, 11) is 2.19. The Labute approximate surface area is 115 Å². The van der Waals surface area contributed by atoms with Crippen molar-refractivity contribution in [3.63, 3.8) is 0 Å². The van der Waals surface area contributed by atoms with Gasteiger partial charge in [0.2, 0.25) is 0 Å². The largest absolute Gasteiger partial charge is 0.369 e. The predicted molar refractivity (Wildman–Crippen MR) is 76.3 cm³/mol. The second-order valence-electron chi connectivity index (χ2n) is 5.90. The molecule has 0 aliphatic carbocycles. The average molecular weight is 261 g/mol. The normalized spacial score (nSPS) is 31.7. The number of hydrogen-bond donors (Lipinski definition) is 1. The fourth-order valence-corrected chi connectivity index (χ4v) is 3.30. The van der Waals surface area contributed by atoms with Crippen LogP contribution in [0.1, 0.15) is 25.7 Å². The minimum absolute atomic E-state index is 0.128. The van der Waals surface area contributed by atoms with Gasteiger partial charge in [-0.2, -0.15) is 0 Å². The minimum atomic E-state index is 0.128. The highest BCUT2D eigenvalue weighted by molar-refractivity contribution is 5.33. The molecule has 0 saturated carbocycles. The number of hydrogen-bond acceptors (Lipinski definition) is 4. The first-order valence-electron chi connectivity index (χ1n) is 7.27. The molecule has 0 aromatic carbocycles. The maximum Gasteiger partial charge on any atom is 0.125 e. The van der Waals surface area contributed by atoms with Crippen molar-refractivity contribution in [1.82, 2.24) is 9.88 Å². The summed E-state index contributed by atoms with van der Waals surface area (Å²) in [5, 5.41) is 3.38. The molecule has 0 amide bonds. The molecule has 1 spiro atoms. The molecule has 1 aromatic heterocycles. The number of aromatic nitrogens is 1. The highest BCUT2D eigenvalue weighted by Gasteiger charge is 2.41. The summed E-state index contributed by atoms with van der Waals surface area (Å²) in [5.41, 5.74) is 0.128. The smallest absolute Gasteiger partial charge is 0.125 e. The molecule has 19 heavy (non-hydrogen) atoms. The van der Waals surface area contributed by atoms with E-state index < -0.39 is 0 Å². The van der Waals surface area contributed by atoms with Gasteiger partial charge in [0.1, 0.15) is 5.82 Å². The van der Waals surface area contributed by atoms with E-state index in [1.165, 1.54) is 25.8 Å². The first-order valence-corrected chi connectivity index (χ1v) is 7.27. The van der Waals surface area contributed by atoms with E-state index in [4.69, 9.17) is 4.74 Å². The fraction of sp³-hybridized carbons (Fsp3) is 0.667. The molecular formula is C15H23N3O. The molecule has 4 nitrogen and oxygen atoms in total. The van der Waals surface area contributed by atoms with Gasteiger partial charge in [-0.1, -0.05) is 6.07 Å². The minimum Gasteiger partial charge on any atom is -0.369 e. The van der Waals surface area contributed by atoms with Crippen molar-refractivity contribution < 1.29 is 4.74 Å². The summed E-state index contributed by atoms with van der Waals surface area (Å²) in [6.45, 7) is 3.12. The molecule has 104 valence electrons.